The number of halogens is 4. The predicted octanol–water partition coefficient (Wildman–Crippen LogP) is 3.01. The molecule has 0 atom stereocenters. The van der Waals surface area contributed by atoms with Gasteiger partial charge in [0, 0.05) is 24.7 Å². The van der Waals surface area contributed by atoms with E-state index in [-0.39, 0.29) is 5.02 Å². The zero-order valence-corrected chi connectivity index (χ0v) is 11.1. The van der Waals surface area contributed by atoms with Crippen LogP contribution < -0.4 is 5.32 Å². The van der Waals surface area contributed by atoms with Crippen LogP contribution in [-0.4, -0.2) is 32.1 Å². The third-order valence-corrected chi connectivity index (χ3v) is 2.70. The van der Waals surface area contributed by atoms with Crippen LogP contribution in [0.25, 0.3) is 0 Å². The molecule has 0 aromatic heterocycles. The second kappa shape index (κ2) is 6.41. The van der Waals surface area contributed by atoms with Gasteiger partial charge in [-0.05, 0) is 37.9 Å². The Bertz CT molecular complexity index is 393. The van der Waals surface area contributed by atoms with Crippen LogP contribution in [0.1, 0.15) is 11.1 Å². The molecule has 0 aliphatic rings. The molecule has 0 unspecified atom stereocenters. The normalized spacial score (nSPS) is 12.2. The van der Waals surface area contributed by atoms with E-state index in [1.807, 2.05) is 19.0 Å². The smallest absolute Gasteiger partial charge is 0.318 e. The van der Waals surface area contributed by atoms with Crippen molar-refractivity contribution in [2.45, 2.75) is 12.7 Å². The minimum atomic E-state index is -4.36. The molecule has 0 saturated carbocycles. The van der Waals surface area contributed by atoms with Crippen molar-refractivity contribution in [2.75, 3.05) is 27.2 Å². The van der Waals surface area contributed by atoms with Crippen molar-refractivity contribution in [3.05, 3.63) is 34.3 Å². The Labute approximate surface area is 110 Å². The molecule has 0 bridgehead atoms. The van der Waals surface area contributed by atoms with Gasteiger partial charge in [0.15, 0.2) is 0 Å². The maximum Gasteiger partial charge on any atom is 0.416 e. The zero-order valence-electron chi connectivity index (χ0n) is 10.3. The predicted molar refractivity (Wildman–Crippen MR) is 66.7 cm³/mol. The molecule has 0 radical (unpaired) electrons. The summed E-state index contributed by atoms with van der Waals surface area (Å²) in [5.41, 5.74) is -0.138. The van der Waals surface area contributed by atoms with Crippen molar-refractivity contribution in [1.29, 1.82) is 0 Å². The minimum absolute atomic E-state index is 0.113. The van der Waals surface area contributed by atoms with Gasteiger partial charge in [-0.1, -0.05) is 11.6 Å². The average molecular weight is 281 g/mol. The number of likely N-dealkylation sites (N-methyl/N-ethyl adjacent to an activating group) is 2. The first kappa shape index (κ1) is 15.3. The van der Waals surface area contributed by atoms with E-state index in [4.69, 9.17) is 11.6 Å². The topological polar surface area (TPSA) is 15.3 Å². The van der Waals surface area contributed by atoms with Crippen LogP contribution in [0.4, 0.5) is 13.2 Å². The van der Waals surface area contributed by atoms with Gasteiger partial charge in [0.05, 0.1) is 5.56 Å². The average Bonchev–Trinajstić information content (AvgIpc) is 2.24. The lowest BCUT2D eigenvalue weighted by molar-refractivity contribution is -0.137. The summed E-state index contributed by atoms with van der Waals surface area (Å²) < 4.78 is 37.8. The molecule has 2 nitrogen and oxygen atoms in total. The second-order valence-corrected chi connectivity index (χ2v) is 4.62. The third kappa shape index (κ3) is 4.84. The van der Waals surface area contributed by atoms with E-state index in [2.05, 4.69) is 5.32 Å². The molecule has 1 N–H and O–H groups in total. The van der Waals surface area contributed by atoms with E-state index < -0.39 is 11.7 Å². The second-order valence-electron chi connectivity index (χ2n) is 4.19. The van der Waals surface area contributed by atoms with Gasteiger partial charge in [-0.25, -0.2) is 0 Å². The Kier molecular flexibility index (Phi) is 5.44. The monoisotopic (exact) mass is 280 g/mol. The number of rotatable bonds is 5. The number of hydrogen-bond acceptors (Lipinski definition) is 2. The number of nitrogens with one attached hydrogen (secondary N) is 1. The fraction of sp³-hybridized carbons (Fsp3) is 0.500. The van der Waals surface area contributed by atoms with E-state index in [1.54, 1.807) is 6.07 Å². The first-order chi connectivity index (χ1) is 8.32. The Balaban J connectivity index is 2.80. The van der Waals surface area contributed by atoms with E-state index >= 15 is 0 Å². The SMILES string of the molecule is CNCCN(C)Cc1cc(Cl)cc(C(F)(F)F)c1. The summed E-state index contributed by atoms with van der Waals surface area (Å²) in [6.07, 6.45) is -4.36. The molecule has 0 aliphatic heterocycles. The first-order valence-corrected chi connectivity index (χ1v) is 5.90. The van der Waals surface area contributed by atoms with E-state index in [0.717, 1.165) is 25.2 Å². The summed E-state index contributed by atoms with van der Waals surface area (Å²) in [7, 11) is 3.68. The molecule has 102 valence electrons. The van der Waals surface area contributed by atoms with Crippen molar-refractivity contribution in [3.8, 4) is 0 Å². The fourth-order valence-corrected chi connectivity index (χ4v) is 1.86. The molecule has 0 heterocycles. The summed E-state index contributed by atoms with van der Waals surface area (Å²) in [5.74, 6) is 0. The molecule has 0 saturated heterocycles. The fourth-order valence-electron chi connectivity index (χ4n) is 1.60. The molecule has 0 fully saturated rings. The van der Waals surface area contributed by atoms with E-state index in [1.165, 1.54) is 0 Å². The standard InChI is InChI=1S/C12H16ClF3N2/c1-17-3-4-18(2)8-9-5-10(12(14,15)16)7-11(13)6-9/h5-7,17H,3-4,8H2,1-2H3. The Morgan fingerprint density at radius 2 is 1.94 bits per heavy atom. The summed E-state index contributed by atoms with van der Waals surface area (Å²) in [5, 5.41) is 3.10. The van der Waals surface area contributed by atoms with Crippen LogP contribution in [0.5, 0.6) is 0 Å². The molecular formula is C12H16ClF3N2. The van der Waals surface area contributed by atoms with Crippen molar-refractivity contribution >= 4 is 11.6 Å². The van der Waals surface area contributed by atoms with Crippen LogP contribution in [0.3, 0.4) is 0 Å². The van der Waals surface area contributed by atoms with Gasteiger partial charge in [-0.15, -0.1) is 0 Å². The lowest BCUT2D eigenvalue weighted by Gasteiger charge is -2.17. The van der Waals surface area contributed by atoms with Gasteiger partial charge < -0.3 is 10.2 Å². The van der Waals surface area contributed by atoms with Gasteiger partial charge in [-0.2, -0.15) is 13.2 Å². The maximum absolute atomic E-state index is 12.6. The molecule has 0 spiro atoms. The molecule has 1 aromatic carbocycles. The molecule has 18 heavy (non-hydrogen) atoms. The lowest BCUT2D eigenvalue weighted by atomic mass is 10.1. The van der Waals surface area contributed by atoms with Crippen LogP contribution in [0.2, 0.25) is 5.02 Å². The first-order valence-electron chi connectivity index (χ1n) is 5.52. The number of alkyl halides is 3. The van der Waals surface area contributed by atoms with Crippen LogP contribution in [0.15, 0.2) is 18.2 Å². The van der Waals surface area contributed by atoms with Crippen LogP contribution >= 0.6 is 11.6 Å². The molecule has 0 aliphatic carbocycles. The van der Waals surface area contributed by atoms with Crippen molar-refractivity contribution in [1.82, 2.24) is 10.2 Å². The quantitative estimate of drug-likeness (QED) is 0.892. The van der Waals surface area contributed by atoms with Gasteiger partial charge >= 0.3 is 6.18 Å². The zero-order chi connectivity index (χ0) is 13.8. The van der Waals surface area contributed by atoms with Crippen molar-refractivity contribution < 1.29 is 13.2 Å². The summed E-state index contributed by atoms with van der Waals surface area (Å²) in [4.78, 5) is 1.93. The minimum Gasteiger partial charge on any atom is -0.318 e. The molecular weight excluding hydrogens is 265 g/mol. The lowest BCUT2D eigenvalue weighted by Crippen LogP contribution is -2.27. The molecule has 1 rings (SSSR count). The summed E-state index contributed by atoms with van der Waals surface area (Å²) in [6.45, 7) is 1.97. The van der Waals surface area contributed by atoms with Gasteiger partial charge in [0.1, 0.15) is 0 Å². The van der Waals surface area contributed by atoms with E-state index in [0.29, 0.717) is 12.1 Å². The largest absolute Gasteiger partial charge is 0.416 e. The van der Waals surface area contributed by atoms with E-state index in [9.17, 15) is 13.2 Å². The van der Waals surface area contributed by atoms with Gasteiger partial charge in [0.2, 0.25) is 0 Å². The Morgan fingerprint density at radius 3 is 2.50 bits per heavy atom. The highest BCUT2D eigenvalue weighted by molar-refractivity contribution is 6.30. The summed E-state index contributed by atoms with van der Waals surface area (Å²) in [6, 6.07) is 3.65. The Hall–Kier alpha value is -0.780. The highest BCUT2D eigenvalue weighted by Crippen LogP contribution is 2.32. The van der Waals surface area contributed by atoms with Gasteiger partial charge in [0.25, 0.3) is 0 Å². The van der Waals surface area contributed by atoms with Gasteiger partial charge in [-0.3, -0.25) is 0 Å². The summed E-state index contributed by atoms with van der Waals surface area (Å²) >= 11 is 5.71. The molecule has 1 aromatic rings. The number of benzene rings is 1. The third-order valence-electron chi connectivity index (χ3n) is 2.48. The highest BCUT2D eigenvalue weighted by Gasteiger charge is 2.31. The van der Waals surface area contributed by atoms with Crippen LogP contribution in [0, 0.1) is 0 Å². The van der Waals surface area contributed by atoms with Crippen LogP contribution in [-0.2, 0) is 12.7 Å². The molecule has 0 amide bonds. The van der Waals surface area contributed by atoms with Crippen molar-refractivity contribution in [2.24, 2.45) is 0 Å². The highest BCUT2D eigenvalue weighted by atomic mass is 35.5. The number of nitrogens with zero attached hydrogens (tertiary/aromatic N) is 1. The maximum atomic E-state index is 12.6. The Morgan fingerprint density at radius 1 is 1.28 bits per heavy atom. The van der Waals surface area contributed by atoms with Crippen molar-refractivity contribution in [3.63, 3.8) is 0 Å². The molecule has 6 heteroatoms. The number of hydrogen-bond donors (Lipinski definition) is 1.